The van der Waals surface area contributed by atoms with Crippen LogP contribution in [0, 0.1) is 5.82 Å². The van der Waals surface area contributed by atoms with E-state index >= 15 is 0 Å². The van der Waals surface area contributed by atoms with Gasteiger partial charge in [0.25, 0.3) is 0 Å². The lowest BCUT2D eigenvalue weighted by Gasteiger charge is -2.33. The van der Waals surface area contributed by atoms with E-state index in [-0.39, 0.29) is 5.82 Å². The van der Waals surface area contributed by atoms with Crippen LogP contribution < -0.4 is 0 Å². The average molecular weight is 232 g/mol. The van der Waals surface area contributed by atoms with Gasteiger partial charge in [-0.15, -0.1) is 0 Å². The first-order chi connectivity index (χ1) is 8.24. The zero-order valence-electron chi connectivity index (χ0n) is 10.0. The van der Waals surface area contributed by atoms with Crippen LogP contribution in [-0.4, -0.2) is 29.5 Å². The highest BCUT2D eigenvalue weighted by Gasteiger charge is 2.19. The fraction of sp³-hybridized carbons (Fsp3) is 0.429. The largest absolute Gasteiger partial charge is 0.361 e. The Labute approximate surface area is 100 Å². The van der Waals surface area contributed by atoms with Crippen LogP contribution in [0.15, 0.2) is 24.4 Å². The number of rotatable bonds is 3. The minimum atomic E-state index is -0.179. The first kappa shape index (κ1) is 10.8. The summed E-state index contributed by atoms with van der Waals surface area (Å²) in [4.78, 5) is 5.63. The van der Waals surface area contributed by atoms with Gasteiger partial charge in [0.1, 0.15) is 5.82 Å². The Morgan fingerprint density at radius 3 is 2.94 bits per heavy atom. The molecule has 2 heterocycles. The molecule has 1 aliphatic heterocycles. The predicted molar refractivity (Wildman–Crippen MR) is 67.7 cm³/mol. The van der Waals surface area contributed by atoms with Crippen molar-refractivity contribution in [3.63, 3.8) is 0 Å². The number of H-pyrrole nitrogens is 1. The molecule has 2 nitrogen and oxygen atoms in total. The Hall–Kier alpha value is -1.35. The molecule has 1 aliphatic rings. The summed E-state index contributed by atoms with van der Waals surface area (Å²) >= 11 is 0. The van der Waals surface area contributed by atoms with Gasteiger partial charge < -0.3 is 9.88 Å². The van der Waals surface area contributed by atoms with Gasteiger partial charge in [-0.25, -0.2) is 4.39 Å². The lowest BCUT2D eigenvalue weighted by atomic mass is 9.98. The van der Waals surface area contributed by atoms with Crippen LogP contribution >= 0.6 is 0 Å². The Morgan fingerprint density at radius 2 is 2.24 bits per heavy atom. The van der Waals surface area contributed by atoms with E-state index in [0.29, 0.717) is 5.92 Å². The molecule has 17 heavy (non-hydrogen) atoms. The molecule has 1 unspecified atom stereocenters. The molecule has 0 aliphatic carbocycles. The second kappa shape index (κ2) is 4.15. The number of nitrogens with zero attached hydrogens (tertiary/aromatic N) is 1. The molecular formula is C14H17FN2. The van der Waals surface area contributed by atoms with Crippen molar-refractivity contribution in [2.24, 2.45) is 0 Å². The zero-order chi connectivity index (χ0) is 11.8. The molecule has 0 spiro atoms. The Kier molecular flexibility index (Phi) is 2.63. The van der Waals surface area contributed by atoms with E-state index in [0.717, 1.165) is 17.4 Å². The third-order valence-corrected chi connectivity index (χ3v) is 3.69. The smallest absolute Gasteiger partial charge is 0.125 e. The van der Waals surface area contributed by atoms with Crippen molar-refractivity contribution < 1.29 is 4.39 Å². The van der Waals surface area contributed by atoms with E-state index in [1.165, 1.54) is 31.1 Å². The van der Waals surface area contributed by atoms with Crippen molar-refractivity contribution in [3.05, 3.63) is 35.8 Å². The maximum Gasteiger partial charge on any atom is 0.125 e. The highest BCUT2D eigenvalue weighted by atomic mass is 19.1. The number of aromatic amines is 1. The van der Waals surface area contributed by atoms with Gasteiger partial charge in [-0.1, -0.05) is 6.92 Å². The van der Waals surface area contributed by atoms with Crippen molar-refractivity contribution in [1.29, 1.82) is 0 Å². The van der Waals surface area contributed by atoms with Gasteiger partial charge in [0.05, 0.1) is 0 Å². The van der Waals surface area contributed by atoms with E-state index in [4.69, 9.17) is 0 Å². The molecule has 2 aromatic rings. The number of aromatic nitrogens is 1. The van der Waals surface area contributed by atoms with Crippen molar-refractivity contribution in [2.75, 3.05) is 19.6 Å². The van der Waals surface area contributed by atoms with Gasteiger partial charge in [0.15, 0.2) is 0 Å². The summed E-state index contributed by atoms with van der Waals surface area (Å²) in [6, 6.07) is 4.98. The summed E-state index contributed by atoms with van der Waals surface area (Å²) in [5.74, 6) is 0.316. The first-order valence-corrected chi connectivity index (χ1v) is 6.23. The Balaban J connectivity index is 1.88. The van der Waals surface area contributed by atoms with Gasteiger partial charge >= 0.3 is 0 Å². The fourth-order valence-electron chi connectivity index (χ4n) is 2.58. The second-order valence-corrected chi connectivity index (χ2v) is 4.99. The topological polar surface area (TPSA) is 19.0 Å². The molecule has 0 amide bonds. The molecule has 1 atom stereocenters. The van der Waals surface area contributed by atoms with Gasteiger partial charge in [-0.2, -0.15) is 0 Å². The molecule has 1 fully saturated rings. The number of halogens is 1. The van der Waals surface area contributed by atoms with Crippen molar-refractivity contribution in [1.82, 2.24) is 9.88 Å². The van der Waals surface area contributed by atoms with Crippen molar-refractivity contribution in [3.8, 4) is 0 Å². The molecule has 3 rings (SSSR count). The SMILES string of the molecule is CC(CN1CCC1)c1c[nH]c2cc(F)ccc12. The van der Waals surface area contributed by atoms with Crippen molar-refractivity contribution in [2.45, 2.75) is 19.3 Å². The second-order valence-electron chi connectivity index (χ2n) is 4.99. The van der Waals surface area contributed by atoms with E-state index in [2.05, 4.69) is 16.8 Å². The van der Waals surface area contributed by atoms with Gasteiger partial charge in [-0.05, 0) is 49.2 Å². The molecular weight excluding hydrogens is 215 g/mol. The summed E-state index contributed by atoms with van der Waals surface area (Å²) in [6.07, 6.45) is 3.35. The molecule has 3 heteroatoms. The first-order valence-electron chi connectivity index (χ1n) is 6.23. The maximum atomic E-state index is 13.1. The quantitative estimate of drug-likeness (QED) is 0.861. The molecule has 1 saturated heterocycles. The molecule has 0 bridgehead atoms. The van der Waals surface area contributed by atoms with E-state index in [1.54, 1.807) is 6.07 Å². The normalized spacial score (nSPS) is 18.2. The molecule has 1 N–H and O–H groups in total. The number of hydrogen-bond acceptors (Lipinski definition) is 1. The molecule has 1 aromatic heterocycles. The molecule has 0 radical (unpaired) electrons. The number of hydrogen-bond donors (Lipinski definition) is 1. The minimum absolute atomic E-state index is 0.179. The molecule has 1 aromatic carbocycles. The van der Waals surface area contributed by atoms with Crippen LogP contribution in [0.3, 0.4) is 0 Å². The summed E-state index contributed by atoms with van der Waals surface area (Å²) in [7, 11) is 0. The highest BCUT2D eigenvalue weighted by molar-refractivity contribution is 5.83. The van der Waals surface area contributed by atoms with Gasteiger partial charge in [0.2, 0.25) is 0 Å². The predicted octanol–water partition coefficient (Wildman–Crippen LogP) is 3.12. The van der Waals surface area contributed by atoms with Crippen LogP contribution in [0.25, 0.3) is 10.9 Å². The number of fused-ring (bicyclic) bond motifs is 1. The number of benzene rings is 1. The van der Waals surface area contributed by atoms with Crippen LogP contribution in [0.4, 0.5) is 4.39 Å². The summed E-state index contributed by atoms with van der Waals surface area (Å²) in [5, 5.41) is 1.15. The van der Waals surface area contributed by atoms with Crippen LogP contribution in [0.2, 0.25) is 0 Å². The minimum Gasteiger partial charge on any atom is -0.361 e. The lowest BCUT2D eigenvalue weighted by molar-refractivity contribution is 0.173. The summed E-state index contributed by atoms with van der Waals surface area (Å²) in [6.45, 7) is 5.79. The summed E-state index contributed by atoms with van der Waals surface area (Å²) < 4.78 is 13.1. The third-order valence-electron chi connectivity index (χ3n) is 3.69. The number of nitrogens with one attached hydrogen (secondary N) is 1. The fourth-order valence-corrected chi connectivity index (χ4v) is 2.58. The lowest BCUT2D eigenvalue weighted by Crippen LogP contribution is -2.39. The zero-order valence-corrected chi connectivity index (χ0v) is 10.0. The van der Waals surface area contributed by atoms with Crippen molar-refractivity contribution >= 4 is 10.9 Å². The summed E-state index contributed by atoms with van der Waals surface area (Å²) in [5.41, 5.74) is 2.20. The highest BCUT2D eigenvalue weighted by Crippen LogP contribution is 2.27. The van der Waals surface area contributed by atoms with Gasteiger partial charge in [-0.3, -0.25) is 0 Å². The molecule has 0 saturated carbocycles. The van der Waals surface area contributed by atoms with Crippen LogP contribution in [0.5, 0.6) is 0 Å². The van der Waals surface area contributed by atoms with Crippen LogP contribution in [-0.2, 0) is 0 Å². The van der Waals surface area contributed by atoms with E-state index in [9.17, 15) is 4.39 Å². The standard InChI is InChI=1S/C14H17FN2/c1-10(9-17-5-2-6-17)13-8-16-14-7-11(15)3-4-12(13)14/h3-4,7-8,10,16H,2,5-6,9H2,1H3. The van der Waals surface area contributed by atoms with Gasteiger partial charge in [0, 0.05) is 23.6 Å². The number of likely N-dealkylation sites (tertiary alicyclic amines) is 1. The monoisotopic (exact) mass is 232 g/mol. The Bertz CT molecular complexity index is 528. The average Bonchev–Trinajstić information content (AvgIpc) is 2.66. The van der Waals surface area contributed by atoms with E-state index < -0.39 is 0 Å². The third kappa shape index (κ3) is 1.95. The Morgan fingerprint density at radius 1 is 1.41 bits per heavy atom. The van der Waals surface area contributed by atoms with E-state index in [1.807, 2.05) is 12.3 Å². The molecule has 90 valence electrons. The van der Waals surface area contributed by atoms with Crippen LogP contribution in [0.1, 0.15) is 24.8 Å². The maximum absolute atomic E-state index is 13.1.